The monoisotopic (exact) mass is 281 g/mol. The van der Waals surface area contributed by atoms with Crippen LogP contribution in [0.1, 0.15) is 0 Å². The van der Waals surface area contributed by atoms with Gasteiger partial charge in [0, 0.05) is 19.9 Å². The summed E-state index contributed by atoms with van der Waals surface area (Å²) in [6, 6.07) is 5.36. The van der Waals surface area contributed by atoms with Gasteiger partial charge in [-0.25, -0.2) is 4.98 Å². The highest BCUT2D eigenvalue weighted by Gasteiger charge is 2.00. The van der Waals surface area contributed by atoms with Crippen molar-refractivity contribution in [1.82, 2.24) is 10.3 Å². The van der Waals surface area contributed by atoms with Crippen molar-refractivity contribution in [3.8, 4) is 0 Å². The van der Waals surface area contributed by atoms with Crippen LogP contribution in [0.5, 0.6) is 0 Å². The van der Waals surface area contributed by atoms with Crippen molar-refractivity contribution in [3.63, 3.8) is 0 Å². The lowest BCUT2D eigenvalue weighted by Crippen LogP contribution is -2.30. The van der Waals surface area contributed by atoms with E-state index in [1.807, 2.05) is 6.07 Å². The fraction of sp³-hybridized carbons (Fsp3) is 0.400. The first-order valence-electron chi connectivity index (χ1n) is 4.73. The van der Waals surface area contributed by atoms with Crippen LogP contribution in [0.2, 0.25) is 0 Å². The second-order valence-electron chi connectivity index (χ2n) is 2.93. The number of carbonyl (C=O) groups excluding carboxylic acids is 1. The van der Waals surface area contributed by atoms with E-state index in [9.17, 15) is 4.79 Å². The minimum atomic E-state index is -0.107. The number of aromatic nitrogens is 1. The molecule has 1 aromatic heterocycles. The molecule has 0 aliphatic carbocycles. The molecule has 1 heterocycles. The van der Waals surface area contributed by atoms with Gasteiger partial charge in [-0.3, -0.25) is 4.79 Å². The van der Waals surface area contributed by atoms with Crippen molar-refractivity contribution in [2.45, 2.75) is 0 Å². The molecule has 7 heteroatoms. The van der Waals surface area contributed by atoms with Crippen LogP contribution in [-0.4, -0.2) is 37.7 Å². The SMILES string of the molecule is COCCNCC(=O)Nc1ccccn1.Cl.Cl. The lowest BCUT2D eigenvalue weighted by Gasteiger charge is -2.05. The van der Waals surface area contributed by atoms with Crippen molar-refractivity contribution in [2.75, 3.05) is 32.1 Å². The van der Waals surface area contributed by atoms with Gasteiger partial charge in [-0.15, -0.1) is 24.8 Å². The van der Waals surface area contributed by atoms with Crippen molar-refractivity contribution >= 4 is 36.5 Å². The molecule has 0 unspecified atom stereocenters. The topological polar surface area (TPSA) is 63.2 Å². The number of methoxy groups -OCH3 is 1. The zero-order valence-corrected chi connectivity index (χ0v) is 11.1. The van der Waals surface area contributed by atoms with Gasteiger partial charge in [0.1, 0.15) is 5.82 Å². The second-order valence-corrected chi connectivity index (χ2v) is 2.93. The largest absolute Gasteiger partial charge is 0.383 e. The summed E-state index contributed by atoms with van der Waals surface area (Å²) in [6.45, 7) is 1.52. The number of nitrogens with one attached hydrogen (secondary N) is 2. The van der Waals surface area contributed by atoms with Crippen LogP contribution >= 0.6 is 24.8 Å². The van der Waals surface area contributed by atoms with E-state index < -0.39 is 0 Å². The Morgan fingerprint density at radius 3 is 2.76 bits per heavy atom. The smallest absolute Gasteiger partial charge is 0.239 e. The van der Waals surface area contributed by atoms with Gasteiger partial charge in [0.05, 0.1) is 13.2 Å². The first kappa shape index (κ1) is 18.5. The van der Waals surface area contributed by atoms with E-state index in [1.54, 1.807) is 25.4 Å². The highest BCUT2D eigenvalue weighted by molar-refractivity contribution is 5.91. The van der Waals surface area contributed by atoms with Crippen LogP contribution in [-0.2, 0) is 9.53 Å². The molecule has 5 nitrogen and oxygen atoms in total. The van der Waals surface area contributed by atoms with E-state index >= 15 is 0 Å². The maximum atomic E-state index is 11.3. The molecule has 0 aromatic carbocycles. The summed E-state index contributed by atoms with van der Waals surface area (Å²) in [6.07, 6.45) is 1.63. The van der Waals surface area contributed by atoms with Gasteiger partial charge in [-0.1, -0.05) is 6.07 Å². The molecular formula is C10H17Cl2N3O2. The number of halogens is 2. The van der Waals surface area contributed by atoms with E-state index in [1.165, 1.54) is 0 Å². The summed E-state index contributed by atoms with van der Waals surface area (Å²) in [7, 11) is 1.62. The van der Waals surface area contributed by atoms with Crippen LogP contribution in [0.4, 0.5) is 5.82 Å². The second kappa shape index (κ2) is 11.6. The Morgan fingerprint density at radius 1 is 1.41 bits per heavy atom. The number of hydrogen-bond acceptors (Lipinski definition) is 4. The quantitative estimate of drug-likeness (QED) is 0.767. The first-order valence-corrected chi connectivity index (χ1v) is 4.73. The van der Waals surface area contributed by atoms with Gasteiger partial charge in [-0.05, 0) is 12.1 Å². The van der Waals surface area contributed by atoms with Gasteiger partial charge >= 0.3 is 0 Å². The summed E-state index contributed by atoms with van der Waals surface area (Å²) in [5.41, 5.74) is 0. The number of pyridine rings is 1. The molecule has 0 aliphatic heterocycles. The van der Waals surface area contributed by atoms with Crippen LogP contribution in [0.15, 0.2) is 24.4 Å². The number of ether oxygens (including phenoxy) is 1. The Labute approximate surface area is 113 Å². The summed E-state index contributed by atoms with van der Waals surface area (Å²) in [5, 5.41) is 5.61. The predicted octanol–water partition coefficient (Wildman–Crippen LogP) is 1.10. The number of hydrogen-bond donors (Lipinski definition) is 2. The Kier molecular flexibility index (Phi) is 12.6. The Bertz CT molecular complexity index is 299. The van der Waals surface area contributed by atoms with E-state index in [2.05, 4.69) is 15.6 Å². The maximum Gasteiger partial charge on any atom is 0.239 e. The molecule has 98 valence electrons. The molecule has 0 spiro atoms. The third-order valence-electron chi connectivity index (χ3n) is 1.70. The fourth-order valence-electron chi connectivity index (χ4n) is 1.000. The number of carbonyl (C=O) groups is 1. The zero-order valence-electron chi connectivity index (χ0n) is 9.51. The Hall–Kier alpha value is -0.880. The standard InChI is InChI=1S/C10H15N3O2.2ClH/c1-15-7-6-11-8-10(14)13-9-4-2-3-5-12-9;;/h2-5,11H,6-8H2,1H3,(H,12,13,14);2*1H. The molecule has 2 N–H and O–H groups in total. The molecule has 1 amide bonds. The van der Waals surface area contributed by atoms with Crippen LogP contribution in [0.25, 0.3) is 0 Å². The Balaban J connectivity index is 0. The lowest BCUT2D eigenvalue weighted by molar-refractivity contribution is -0.115. The van der Waals surface area contributed by atoms with Crippen LogP contribution in [0.3, 0.4) is 0 Å². The number of amides is 1. The molecule has 0 radical (unpaired) electrons. The van der Waals surface area contributed by atoms with Crippen molar-refractivity contribution in [1.29, 1.82) is 0 Å². The minimum Gasteiger partial charge on any atom is -0.383 e. The summed E-state index contributed by atoms with van der Waals surface area (Å²) in [5.74, 6) is 0.459. The highest BCUT2D eigenvalue weighted by atomic mass is 35.5. The summed E-state index contributed by atoms with van der Waals surface area (Å²) in [4.78, 5) is 15.3. The molecule has 0 bridgehead atoms. The molecule has 17 heavy (non-hydrogen) atoms. The van der Waals surface area contributed by atoms with Gasteiger partial charge in [0.25, 0.3) is 0 Å². The average molecular weight is 282 g/mol. The highest BCUT2D eigenvalue weighted by Crippen LogP contribution is 1.98. The van der Waals surface area contributed by atoms with Crippen molar-refractivity contribution in [3.05, 3.63) is 24.4 Å². The van der Waals surface area contributed by atoms with Crippen molar-refractivity contribution in [2.24, 2.45) is 0 Å². The average Bonchev–Trinajstić information content (AvgIpc) is 2.26. The summed E-state index contributed by atoms with van der Waals surface area (Å²) >= 11 is 0. The predicted molar refractivity (Wildman–Crippen MR) is 72.1 cm³/mol. The van der Waals surface area contributed by atoms with Crippen LogP contribution in [0, 0.1) is 0 Å². The number of rotatable bonds is 6. The van der Waals surface area contributed by atoms with Gasteiger partial charge in [0.15, 0.2) is 0 Å². The van der Waals surface area contributed by atoms with Gasteiger partial charge < -0.3 is 15.4 Å². The minimum absolute atomic E-state index is 0. The Morgan fingerprint density at radius 2 is 2.18 bits per heavy atom. The summed E-state index contributed by atoms with van der Waals surface area (Å²) < 4.78 is 4.84. The van der Waals surface area contributed by atoms with Crippen LogP contribution < -0.4 is 10.6 Å². The first-order chi connectivity index (χ1) is 7.33. The maximum absolute atomic E-state index is 11.3. The molecule has 0 saturated carbocycles. The van der Waals surface area contributed by atoms with E-state index in [0.29, 0.717) is 19.0 Å². The molecule has 0 fully saturated rings. The zero-order chi connectivity index (χ0) is 10.9. The van der Waals surface area contributed by atoms with E-state index in [0.717, 1.165) is 0 Å². The molecule has 0 aliphatic rings. The third-order valence-corrected chi connectivity index (χ3v) is 1.70. The van der Waals surface area contributed by atoms with E-state index in [-0.39, 0.29) is 37.3 Å². The van der Waals surface area contributed by atoms with Crippen molar-refractivity contribution < 1.29 is 9.53 Å². The third kappa shape index (κ3) is 8.88. The van der Waals surface area contributed by atoms with E-state index in [4.69, 9.17) is 4.74 Å². The number of nitrogens with zero attached hydrogens (tertiary/aromatic N) is 1. The fourth-order valence-corrected chi connectivity index (χ4v) is 1.000. The normalized spacial score (nSPS) is 8.76. The molecular weight excluding hydrogens is 265 g/mol. The number of anilines is 1. The lowest BCUT2D eigenvalue weighted by atomic mass is 10.4. The molecule has 1 aromatic rings. The van der Waals surface area contributed by atoms with Gasteiger partial charge in [-0.2, -0.15) is 0 Å². The molecule has 0 saturated heterocycles. The van der Waals surface area contributed by atoms with Gasteiger partial charge in [0.2, 0.25) is 5.91 Å². The molecule has 0 atom stereocenters. The molecule has 1 rings (SSSR count).